The fourth-order valence-corrected chi connectivity index (χ4v) is 4.00. The first-order valence-electron chi connectivity index (χ1n) is 9.22. The number of rotatable bonds is 5. The van der Waals surface area contributed by atoms with Crippen molar-refractivity contribution < 1.29 is 4.79 Å². The van der Waals surface area contributed by atoms with Gasteiger partial charge in [0.25, 0.3) is 0 Å². The molecule has 0 bridgehead atoms. The van der Waals surface area contributed by atoms with Crippen LogP contribution in [0.2, 0.25) is 0 Å². The fraction of sp³-hybridized carbons (Fsp3) is 0.944. The molecule has 1 amide bonds. The number of nitrogens with zero attached hydrogens (tertiary/aromatic N) is 4. The maximum Gasteiger partial charge on any atom is 0.226 e. The van der Waals surface area contributed by atoms with E-state index in [0.29, 0.717) is 18.0 Å². The highest BCUT2D eigenvalue weighted by Gasteiger charge is 2.29. The van der Waals surface area contributed by atoms with Gasteiger partial charge in [0.1, 0.15) is 0 Å². The van der Waals surface area contributed by atoms with E-state index >= 15 is 0 Å². The molecule has 0 aromatic heterocycles. The Kier molecular flexibility index (Phi) is 6.86. The molecule has 0 aromatic rings. The van der Waals surface area contributed by atoms with Crippen LogP contribution < -0.4 is 0 Å². The van der Waals surface area contributed by atoms with Gasteiger partial charge in [-0.25, -0.2) is 0 Å². The highest BCUT2D eigenvalue weighted by atomic mass is 16.2. The van der Waals surface area contributed by atoms with Gasteiger partial charge in [-0.3, -0.25) is 4.79 Å². The largest absolute Gasteiger partial charge is 0.342 e. The first-order chi connectivity index (χ1) is 10.9. The molecule has 0 N–H and O–H groups in total. The quantitative estimate of drug-likeness (QED) is 0.760. The van der Waals surface area contributed by atoms with E-state index in [1.54, 1.807) is 0 Å². The first-order valence-corrected chi connectivity index (χ1v) is 9.22. The molecule has 2 heterocycles. The van der Waals surface area contributed by atoms with Crippen molar-refractivity contribution in [2.45, 2.75) is 44.7 Å². The summed E-state index contributed by atoms with van der Waals surface area (Å²) in [7, 11) is 8.55. The molecule has 2 fully saturated rings. The highest BCUT2D eigenvalue weighted by molar-refractivity contribution is 5.78. The Morgan fingerprint density at radius 3 is 1.87 bits per heavy atom. The zero-order valence-corrected chi connectivity index (χ0v) is 15.8. The molecular weight excluding hydrogens is 288 g/mol. The summed E-state index contributed by atoms with van der Waals surface area (Å²) < 4.78 is 0. The van der Waals surface area contributed by atoms with E-state index in [4.69, 9.17) is 0 Å². The van der Waals surface area contributed by atoms with Gasteiger partial charge in [-0.1, -0.05) is 6.92 Å². The maximum absolute atomic E-state index is 12.8. The first kappa shape index (κ1) is 18.7. The van der Waals surface area contributed by atoms with Crippen LogP contribution in [0.3, 0.4) is 0 Å². The molecule has 5 heteroatoms. The Bertz CT molecular complexity index is 373. The Hall–Kier alpha value is -0.650. The summed E-state index contributed by atoms with van der Waals surface area (Å²) in [5.74, 6) is 0.406. The van der Waals surface area contributed by atoms with Gasteiger partial charge in [0, 0.05) is 31.6 Å². The third-order valence-corrected chi connectivity index (χ3v) is 5.88. The molecule has 2 saturated heterocycles. The topological polar surface area (TPSA) is 30.0 Å². The van der Waals surface area contributed by atoms with E-state index in [1.165, 1.54) is 25.9 Å². The number of amides is 1. The van der Waals surface area contributed by atoms with Gasteiger partial charge in [-0.15, -0.1) is 0 Å². The number of likely N-dealkylation sites (tertiary alicyclic amines) is 2. The molecule has 2 aliphatic heterocycles. The third-order valence-electron chi connectivity index (χ3n) is 5.88. The smallest absolute Gasteiger partial charge is 0.226 e. The van der Waals surface area contributed by atoms with Crippen LogP contribution in [0.1, 0.15) is 32.6 Å². The van der Waals surface area contributed by atoms with E-state index in [-0.39, 0.29) is 5.92 Å². The summed E-state index contributed by atoms with van der Waals surface area (Å²) in [6.45, 7) is 7.53. The van der Waals surface area contributed by atoms with Crippen LogP contribution in [0.25, 0.3) is 0 Å². The van der Waals surface area contributed by atoms with Gasteiger partial charge in [-0.2, -0.15) is 0 Å². The van der Waals surface area contributed by atoms with Crippen LogP contribution in [0.15, 0.2) is 0 Å². The van der Waals surface area contributed by atoms with Crippen molar-refractivity contribution in [3.63, 3.8) is 0 Å². The predicted molar refractivity (Wildman–Crippen MR) is 95.6 cm³/mol. The Balaban J connectivity index is 1.79. The van der Waals surface area contributed by atoms with Crippen molar-refractivity contribution in [2.24, 2.45) is 5.92 Å². The Morgan fingerprint density at radius 1 is 0.957 bits per heavy atom. The van der Waals surface area contributed by atoms with E-state index in [9.17, 15) is 4.79 Å². The Labute approximate surface area is 142 Å². The minimum absolute atomic E-state index is 0.0873. The molecule has 134 valence electrons. The lowest BCUT2D eigenvalue weighted by atomic mass is 10.00. The van der Waals surface area contributed by atoms with Crippen LogP contribution in [-0.2, 0) is 4.79 Å². The number of piperidine rings is 2. The summed E-state index contributed by atoms with van der Waals surface area (Å²) in [4.78, 5) is 22.0. The van der Waals surface area contributed by atoms with Crippen molar-refractivity contribution in [3.8, 4) is 0 Å². The normalized spacial score (nSPS) is 24.1. The van der Waals surface area contributed by atoms with Crippen LogP contribution in [0.4, 0.5) is 0 Å². The van der Waals surface area contributed by atoms with Crippen LogP contribution in [0.5, 0.6) is 0 Å². The molecule has 1 unspecified atom stereocenters. The summed E-state index contributed by atoms with van der Waals surface area (Å²) in [6, 6.07) is 1.06. The van der Waals surface area contributed by atoms with Crippen molar-refractivity contribution in [3.05, 3.63) is 0 Å². The zero-order valence-electron chi connectivity index (χ0n) is 15.8. The zero-order chi connectivity index (χ0) is 17.0. The van der Waals surface area contributed by atoms with Gasteiger partial charge in [0.05, 0.1) is 0 Å². The monoisotopic (exact) mass is 324 g/mol. The van der Waals surface area contributed by atoms with E-state index in [2.05, 4.69) is 42.8 Å². The molecule has 0 radical (unpaired) electrons. The summed E-state index contributed by atoms with van der Waals surface area (Å²) in [5.41, 5.74) is 0. The van der Waals surface area contributed by atoms with Gasteiger partial charge in [-0.05, 0) is 73.0 Å². The molecular formula is C18H36N4O. The average molecular weight is 325 g/mol. The molecule has 5 nitrogen and oxygen atoms in total. The molecule has 2 aliphatic rings. The molecule has 0 aromatic carbocycles. The third kappa shape index (κ3) is 5.16. The summed E-state index contributed by atoms with van der Waals surface area (Å²) in [6.07, 6.45) is 4.66. The van der Waals surface area contributed by atoms with Crippen LogP contribution in [-0.4, -0.2) is 98.5 Å². The minimum atomic E-state index is 0.0873. The van der Waals surface area contributed by atoms with Crippen molar-refractivity contribution in [1.82, 2.24) is 19.6 Å². The van der Waals surface area contributed by atoms with E-state index in [0.717, 1.165) is 32.5 Å². The van der Waals surface area contributed by atoms with Crippen LogP contribution >= 0.6 is 0 Å². The molecule has 2 rings (SSSR count). The second kappa shape index (κ2) is 8.45. The number of carbonyl (C=O) groups is 1. The Morgan fingerprint density at radius 2 is 1.39 bits per heavy atom. The van der Waals surface area contributed by atoms with E-state index in [1.807, 2.05) is 11.9 Å². The fourth-order valence-electron chi connectivity index (χ4n) is 4.00. The van der Waals surface area contributed by atoms with Crippen molar-refractivity contribution in [1.29, 1.82) is 0 Å². The molecule has 0 aliphatic carbocycles. The SMILES string of the molecule is CC(CN(C)C1CCN(C)CC1)C(=O)N(C)C1CCN(C)CC1. The minimum Gasteiger partial charge on any atom is -0.342 e. The molecule has 0 saturated carbocycles. The lowest BCUT2D eigenvalue weighted by molar-refractivity contribution is -0.137. The van der Waals surface area contributed by atoms with E-state index < -0.39 is 0 Å². The second-order valence-electron chi connectivity index (χ2n) is 7.86. The maximum atomic E-state index is 12.8. The highest BCUT2D eigenvalue weighted by Crippen LogP contribution is 2.19. The van der Waals surface area contributed by atoms with Gasteiger partial charge >= 0.3 is 0 Å². The molecule has 23 heavy (non-hydrogen) atoms. The second-order valence-corrected chi connectivity index (χ2v) is 7.86. The van der Waals surface area contributed by atoms with Crippen molar-refractivity contribution >= 4 is 5.91 Å². The standard InChI is InChI=1S/C18H36N4O/c1-15(14-21(4)16-6-10-19(2)11-7-16)18(23)22(5)17-8-12-20(3)13-9-17/h15-17H,6-14H2,1-5H3. The number of hydrogen-bond acceptors (Lipinski definition) is 4. The lowest BCUT2D eigenvalue weighted by Crippen LogP contribution is -2.49. The average Bonchev–Trinajstić information content (AvgIpc) is 2.54. The summed E-state index contributed by atoms with van der Waals surface area (Å²) in [5, 5.41) is 0. The summed E-state index contributed by atoms with van der Waals surface area (Å²) >= 11 is 0. The molecule has 0 spiro atoms. The van der Waals surface area contributed by atoms with Crippen molar-refractivity contribution in [2.75, 3.05) is 60.9 Å². The lowest BCUT2D eigenvalue weighted by Gasteiger charge is -2.38. The van der Waals surface area contributed by atoms with Gasteiger partial charge in [0.15, 0.2) is 0 Å². The number of carbonyl (C=O) groups excluding carboxylic acids is 1. The van der Waals surface area contributed by atoms with Gasteiger partial charge in [0.2, 0.25) is 5.91 Å². The number of hydrogen-bond donors (Lipinski definition) is 0. The predicted octanol–water partition coefficient (Wildman–Crippen LogP) is 1.20. The van der Waals surface area contributed by atoms with Crippen LogP contribution in [0, 0.1) is 5.92 Å². The van der Waals surface area contributed by atoms with Gasteiger partial charge < -0.3 is 19.6 Å². The molecule has 1 atom stereocenters.